The number of carbonyl (C=O) groups is 2. The van der Waals surface area contributed by atoms with Crippen LogP contribution in [0.2, 0.25) is 0 Å². The first kappa shape index (κ1) is 15.5. The van der Waals surface area contributed by atoms with E-state index in [-0.39, 0.29) is 17.9 Å². The topological polar surface area (TPSA) is 78.4 Å². The summed E-state index contributed by atoms with van der Waals surface area (Å²) in [7, 11) is 0. The maximum Gasteiger partial charge on any atom is 0.326 e. The number of benzene rings is 1. The third kappa shape index (κ3) is 3.61. The summed E-state index contributed by atoms with van der Waals surface area (Å²) in [5.74, 6) is -1.31. The van der Waals surface area contributed by atoms with Gasteiger partial charge in [0.25, 0.3) is 0 Å². The highest BCUT2D eigenvalue weighted by atomic mass is 16.4. The minimum atomic E-state index is -0.978. The lowest BCUT2D eigenvalue weighted by atomic mass is 9.94. The molecule has 0 radical (unpaired) electrons. The first-order chi connectivity index (χ1) is 10.0. The highest BCUT2D eigenvalue weighted by Gasteiger charge is 2.30. The van der Waals surface area contributed by atoms with Crippen LogP contribution in [-0.4, -0.2) is 29.1 Å². The summed E-state index contributed by atoms with van der Waals surface area (Å²) in [5, 5.41) is 15.1. The fraction of sp³-hybridized carbons (Fsp3) is 0.500. The smallest absolute Gasteiger partial charge is 0.326 e. The van der Waals surface area contributed by atoms with Crippen LogP contribution in [0.1, 0.15) is 31.4 Å². The molecule has 3 N–H and O–H groups in total. The molecule has 0 fully saturated rings. The van der Waals surface area contributed by atoms with Crippen LogP contribution in [0.25, 0.3) is 0 Å². The van der Waals surface area contributed by atoms with Gasteiger partial charge < -0.3 is 15.7 Å². The van der Waals surface area contributed by atoms with Crippen molar-refractivity contribution in [3.8, 4) is 0 Å². The van der Waals surface area contributed by atoms with E-state index in [1.165, 1.54) is 5.56 Å². The van der Waals surface area contributed by atoms with E-state index in [9.17, 15) is 14.7 Å². The second-order valence-electron chi connectivity index (χ2n) is 5.62. The Bertz CT molecular complexity index is 530. The van der Waals surface area contributed by atoms with Gasteiger partial charge in [-0.25, -0.2) is 4.79 Å². The lowest BCUT2D eigenvalue weighted by Crippen LogP contribution is -2.54. The Balaban J connectivity index is 2.03. The summed E-state index contributed by atoms with van der Waals surface area (Å²) in [4.78, 5) is 23.6. The van der Waals surface area contributed by atoms with E-state index in [2.05, 4.69) is 10.6 Å². The third-order valence-corrected chi connectivity index (χ3v) is 4.17. The number of rotatable bonds is 5. The number of carboxylic acid groups (broad SMARTS) is 1. The molecule has 0 saturated carbocycles. The van der Waals surface area contributed by atoms with Crippen LogP contribution in [0.4, 0.5) is 0 Å². The Labute approximate surface area is 124 Å². The van der Waals surface area contributed by atoms with Gasteiger partial charge in [0.05, 0.1) is 6.04 Å². The van der Waals surface area contributed by atoms with Gasteiger partial charge in [-0.2, -0.15) is 0 Å². The first-order valence-electron chi connectivity index (χ1n) is 7.36. The maximum absolute atomic E-state index is 12.3. The lowest BCUT2D eigenvalue weighted by molar-refractivity contribution is -0.143. The maximum atomic E-state index is 12.3. The van der Waals surface area contributed by atoms with Gasteiger partial charge in [0, 0.05) is 6.54 Å². The molecule has 1 aromatic rings. The van der Waals surface area contributed by atoms with Gasteiger partial charge in [0.2, 0.25) is 5.91 Å². The molecule has 0 aliphatic carbocycles. The van der Waals surface area contributed by atoms with Crippen LogP contribution in [0.15, 0.2) is 24.3 Å². The molecule has 21 heavy (non-hydrogen) atoms. The molecule has 0 spiro atoms. The zero-order valence-electron chi connectivity index (χ0n) is 12.4. The third-order valence-electron chi connectivity index (χ3n) is 4.17. The van der Waals surface area contributed by atoms with Gasteiger partial charge in [-0.15, -0.1) is 0 Å². The Morgan fingerprint density at radius 2 is 2.05 bits per heavy atom. The summed E-state index contributed by atoms with van der Waals surface area (Å²) >= 11 is 0. The van der Waals surface area contributed by atoms with Gasteiger partial charge in [-0.3, -0.25) is 4.79 Å². The van der Waals surface area contributed by atoms with Crippen molar-refractivity contribution in [1.82, 2.24) is 10.6 Å². The van der Waals surface area contributed by atoms with Crippen molar-refractivity contribution in [3.05, 3.63) is 35.4 Å². The summed E-state index contributed by atoms with van der Waals surface area (Å²) in [6, 6.07) is 6.78. The Hall–Kier alpha value is -1.88. The van der Waals surface area contributed by atoms with Crippen LogP contribution in [0.3, 0.4) is 0 Å². The lowest BCUT2D eigenvalue weighted by Gasteiger charge is -2.28. The van der Waals surface area contributed by atoms with E-state index in [1.807, 2.05) is 38.1 Å². The number of aliphatic carboxylic acids is 1. The van der Waals surface area contributed by atoms with Crippen molar-refractivity contribution in [2.75, 3.05) is 0 Å². The zero-order chi connectivity index (χ0) is 15.4. The second-order valence-corrected chi connectivity index (χ2v) is 5.62. The van der Waals surface area contributed by atoms with Crippen molar-refractivity contribution in [2.24, 2.45) is 5.92 Å². The zero-order valence-corrected chi connectivity index (χ0v) is 12.4. The molecular weight excluding hydrogens is 268 g/mol. The molecule has 1 aromatic carbocycles. The summed E-state index contributed by atoms with van der Waals surface area (Å²) in [6.45, 7) is 4.39. The van der Waals surface area contributed by atoms with Gasteiger partial charge in [-0.05, 0) is 23.5 Å². The minimum absolute atomic E-state index is 0.0951. The van der Waals surface area contributed by atoms with E-state index in [0.29, 0.717) is 19.4 Å². The number of amides is 1. The number of fused-ring (bicyclic) bond motifs is 1. The molecule has 5 nitrogen and oxygen atoms in total. The SMILES string of the molecule is CC[C@H](C)[C@H](NC(=O)C1Cc2ccccc2CN1)C(=O)O. The molecule has 1 heterocycles. The van der Waals surface area contributed by atoms with E-state index >= 15 is 0 Å². The predicted octanol–water partition coefficient (Wildman–Crippen LogP) is 1.32. The van der Waals surface area contributed by atoms with E-state index in [4.69, 9.17) is 0 Å². The summed E-state index contributed by atoms with van der Waals surface area (Å²) in [5.41, 5.74) is 2.34. The number of carbonyl (C=O) groups excluding carboxylic acids is 1. The number of nitrogens with one attached hydrogen (secondary N) is 2. The number of hydrogen-bond donors (Lipinski definition) is 3. The largest absolute Gasteiger partial charge is 0.480 e. The minimum Gasteiger partial charge on any atom is -0.480 e. The standard InChI is InChI=1S/C16H22N2O3/c1-3-10(2)14(16(20)21)18-15(19)13-8-11-6-4-5-7-12(11)9-17-13/h4-7,10,13-14,17H,3,8-9H2,1-2H3,(H,18,19)(H,20,21)/t10-,13?,14-/m0/s1. The fourth-order valence-electron chi connectivity index (χ4n) is 2.58. The molecule has 0 bridgehead atoms. The van der Waals surface area contributed by atoms with E-state index in [0.717, 1.165) is 5.56 Å². The average molecular weight is 290 g/mol. The normalized spacial score (nSPS) is 20.2. The Kier molecular flexibility index (Phi) is 4.96. The first-order valence-corrected chi connectivity index (χ1v) is 7.36. The molecular formula is C16H22N2O3. The highest BCUT2D eigenvalue weighted by molar-refractivity contribution is 5.87. The van der Waals surface area contributed by atoms with Gasteiger partial charge >= 0.3 is 5.97 Å². The molecule has 3 atom stereocenters. The van der Waals surface area contributed by atoms with Crippen LogP contribution in [0.5, 0.6) is 0 Å². The molecule has 2 rings (SSSR count). The van der Waals surface area contributed by atoms with Crippen LogP contribution >= 0.6 is 0 Å². The Morgan fingerprint density at radius 1 is 1.38 bits per heavy atom. The molecule has 0 aromatic heterocycles. The quantitative estimate of drug-likeness (QED) is 0.764. The van der Waals surface area contributed by atoms with Crippen LogP contribution in [0, 0.1) is 5.92 Å². The molecule has 1 amide bonds. The Morgan fingerprint density at radius 3 is 2.67 bits per heavy atom. The van der Waals surface area contributed by atoms with Crippen molar-refractivity contribution in [1.29, 1.82) is 0 Å². The molecule has 114 valence electrons. The second kappa shape index (κ2) is 6.72. The molecule has 1 unspecified atom stereocenters. The van der Waals surface area contributed by atoms with Crippen LogP contribution < -0.4 is 10.6 Å². The summed E-state index contributed by atoms with van der Waals surface area (Å²) in [6.07, 6.45) is 1.30. The summed E-state index contributed by atoms with van der Waals surface area (Å²) < 4.78 is 0. The molecule has 5 heteroatoms. The molecule has 1 aliphatic rings. The van der Waals surface area contributed by atoms with Crippen molar-refractivity contribution in [3.63, 3.8) is 0 Å². The van der Waals surface area contributed by atoms with Gasteiger partial charge in [0.1, 0.15) is 6.04 Å². The fourth-order valence-corrected chi connectivity index (χ4v) is 2.58. The van der Waals surface area contributed by atoms with Gasteiger partial charge in [-0.1, -0.05) is 44.5 Å². The van der Waals surface area contributed by atoms with Crippen molar-refractivity contribution in [2.45, 2.75) is 45.3 Å². The average Bonchev–Trinajstić information content (AvgIpc) is 2.50. The number of hydrogen-bond acceptors (Lipinski definition) is 3. The van der Waals surface area contributed by atoms with Crippen molar-refractivity contribution >= 4 is 11.9 Å². The number of carboxylic acids is 1. The monoisotopic (exact) mass is 290 g/mol. The van der Waals surface area contributed by atoms with Crippen molar-refractivity contribution < 1.29 is 14.7 Å². The highest BCUT2D eigenvalue weighted by Crippen LogP contribution is 2.17. The van der Waals surface area contributed by atoms with E-state index < -0.39 is 12.0 Å². The van der Waals surface area contributed by atoms with E-state index in [1.54, 1.807) is 0 Å². The predicted molar refractivity (Wildman–Crippen MR) is 79.8 cm³/mol. The van der Waals surface area contributed by atoms with Gasteiger partial charge in [0.15, 0.2) is 0 Å². The molecule has 1 aliphatic heterocycles. The molecule has 0 saturated heterocycles. The van der Waals surface area contributed by atoms with Crippen LogP contribution in [-0.2, 0) is 22.6 Å².